The molecule has 1 saturated heterocycles. The molecular formula is C23H30ClN4O3-. The van der Waals surface area contributed by atoms with Crippen molar-refractivity contribution in [1.82, 2.24) is 14.0 Å². The molecule has 1 aliphatic rings. The van der Waals surface area contributed by atoms with Gasteiger partial charge in [-0.3, -0.25) is 10.3 Å². The van der Waals surface area contributed by atoms with Crippen LogP contribution in [0.15, 0.2) is 48.5 Å². The van der Waals surface area contributed by atoms with Crippen molar-refractivity contribution in [2.75, 3.05) is 39.5 Å². The van der Waals surface area contributed by atoms with E-state index in [1.165, 1.54) is 5.56 Å². The molecule has 0 spiro atoms. The van der Waals surface area contributed by atoms with Crippen LogP contribution >= 0.6 is 0 Å². The van der Waals surface area contributed by atoms with Crippen molar-refractivity contribution in [3.05, 3.63) is 59.7 Å². The summed E-state index contributed by atoms with van der Waals surface area (Å²) in [6, 6.07) is 15.8. The largest absolute Gasteiger partial charge is 1.00 e. The van der Waals surface area contributed by atoms with Gasteiger partial charge in [0.2, 0.25) is 5.62 Å². The van der Waals surface area contributed by atoms with Gasteiger partial charge in [-0.05, 0) is 31.2 Å². The molecule has 0 aliphatic carbocycles. The van der Waals surface area contributed by atoms with Crippen molar-refractivity contribution in [2.45, 2.75) is 26.1 Å². The fraction of sp³-hybridized carbons (Fsp3) is 0.435. The molecular weight excluding hydrogens is 416 g/mol. The van der Waals surface area contributed by atoms with Gasteiger partial charge in [-0.25, -0.2) is 0 Å². The predicted octanol–water partition coefficient (Wildman–Crippen LogP) is -0.993. The lowest BCUT2D eigenvalue weighted by atomic mass is 10.2. The summed E-state index contributed by atoms with van der Waals surface area (Å²) in [4.78, 5) is 2.37. The zero-order valence-corrected chi connectivity index (χ0v) is 18.6. The quantitative estimate of drug-likeness (QED) is 0.467. The van der Waals surface area contributed by atoms with Crippen molar-refractivity contribution in [2.24, 2.45) is 0 Å². The number of nitrogens with zero attached hydrogens (tertiary/aromatic N) is 3. The summed E-state index contributed by atoms with van der Waals surface area (Å²) in [5.41, 5.74) is 3.54. The van der Waals surface area contributed by atoms with Crippen LogP contribution in [0, 0.1) is 12.3 Å². The molecule has 1 aromatic heterocycles. The number of hydrogen-bond donors (Lipinski definition) is 2. The predicted molar refractivity (Wildman–Crippen MR) is 116 cm³/mol. The van der Waals surface area contributed by atoms with E-state index in [0.29, 0.717) is 12.2 Å². The van der Waals surface area contributed by atoms with Gasteiger partial charge in [0.15, 0.2) is 0 Å². The SMILES string of the molecule is Cc1ccc(OCC(O)Cn2c(=N)n(CCN3CCOCC3)c3ccccc32)cc1.[Cl-]. The second kappa shape index (κ2) is 10.8. The number of aryl methyl sites for hydroxylation is 1. The van der Waals surface area contributed by atoms with E-state index >= 15 is 0 Å². The van der Waals surface area contributed by atoms with Crippen molar-refractivity contribution in [3.63, 3.8) is 0 Å². The van der Waals surface area contributed by atoms with E-state index in [1.54, 1.807) is 0 Å². The molecule has 0 bridgehead atoms. The molecule has 31 heavy (non-hydrogen) atoms. The number of benzene rings is 2. The van der Waals surface area contributed by atoms with Crippen molar-refractivity contribution in [3.8, 4) is 5.75 Å². The number of rotatable bonds is 8. The third-order valence-corrected chi connectivity index (χ3v) is 5.57. The molecule has 4 rings (SSSR count). The maximum atomic E-state index is 10.6. The van der Waals surface area contributed by atoms with Gasteiger partial charge in [-0.2, -0.15) is 0 Å². The molecule has 7 nitrogen and oxygen atoms in total. The first kappa shape index (κ1) is 23.3. The molecule has 0 saturated carbocycles. The monoisotopic (exact) mass is 445 g/mol. The fourth-order valence-corrected chi connectivity index (χ4v) is 3.86. The summed E-state index contributed by atoms with van der Waals surface area (Å²) in [6.07, 6.45) is -0.709. The molecule has 2 aromatic carbocycles. The first-order valence-corrected chi connectivity index (χ1v) is 10.5. The second-order valence-corrected chi connectivity index (χ2v) is 7.81. The molecule has 1 aliphatic heterocycles. The van der Waals surface area contributed by atoms with Crippen LogP contribution in [0.4, 0.5) is 0 Å². The minimum absolute atomic E-state index is 0. The lowest BCUT2D eigenvalue weighted by Crippen LogP contribution is -3.00. The highest BCUT2D eigenvalue weighted by Gasteiger charge is 2.16. The first-order chi connectivity index (χ1) is 14.6. The van der Waals surface area contributed by atoms with E-state index in [0.717, 1.165) is 56.2 Å². The zero-order chi connectivity index (χ0) is 20.9. The standard InChI is InChI=1S/C23H30N4O3.ClH/c1-18-6-8-20(9-7-18)30-17-19(28)16-27-22-5-3-2-4-21(22)26(23(27)24)11-10-25-12-14-29-15-13-25;/h2-9,19,24,28H,10-17H2,1H3;1H/p-1. The zero-order valence-electron chi connectivity index (χ0n) is 17.8. The van der Waals surface area contributed by atoms with Gasteiger partial charge in [0.1, 0.15) is 18.5 Å². The summed E-state index contributed by atoms with van der Waals surface area (Å²) in [5, 5.41) is 19.3. The number of morpholine rings is 1. The minimum Gasteiger partial charge on any atom is -1.00 e. The highest BCUT2D eigenvalue weighted by Crippen LogP contribution is 2.15. The van der Waals surface area contributed by atoms with Crippen molar-refractivity contribution in [1.29, 1.82) is 5.41 Å². The van der Waals surface area contributed by atoms with Gasteiger partial charge < -0.3 is 36.1 Å². The summed E-state index contributed by atoms with van der Waals surface area (Å²) in [6.45, 7) is 7.55. The van der Waals surface area contributed by atoms with Crippen LogP contribution in [0.3, 0.4) is 0 Å². The van der Waals surface area contributed by atoms with Gasteiger partial charge in [0.05, 0.1) is 30.8 Å². The van der Waals surface area contributed by atoms with Crippen LogP contribution in [-0.4, -0.2) is 64.7 Å². The third-order valence-electron chi connectivity index (χ3n) is 5.57. The number of fused-ring (bicyclic) bond motifs is 1. The Balaban J connectivity index is 0.00000272. The summed E-state index contributed by atoms with van der Waals surface area (Å²) < 4.78 is 15.1. The van der Waals surface area contributed by atoms with E-state index in [1.807, 2.05) is 64.6 Å². The van der Waals surface area contributed by atoms with Crippen molar-refractivity contribution < 1.29 is 27.0 Å². The Kier molecular flexibility index (Phi) is 8.15. The Morgan fingerprint density at radius 3 is 2.32 bits per heavy atom. The number of nitrogens with one attached hydrogen (secondary N) is 1. The fourth-order valence-electron chi connectivity index (χ4n) is 3.86. The number of aliphatic hydroxyl groups excluding tert-OH is 1. The number of aliphatic hydroxyl groups is 1. The number of halogens is 1. The molecule has 1 fully saturated rings. The lowest BCUT2D eigenvalue weighted by molar-refractivity contribution is -0.00001000. The Morgan fingerprint density at radius 2 is 1.65 bits per heavy atom. The number of imidazole rings is 1. The van der Waals surface area contributed by atoms with Crippen LogP contribution in [0.5, 0.6) is 5.75 Å². The van der Waals surface area contributed by atoms with Gasteiger partial charge in [0.25, 0.3) is 0 Å². The highest BCUT2D eigenvalue weighted by atomic mass is 35.5. The molecule has 0 amide bonds. The summed E-state index contributed by atoms with van der Waals surface area (Å²) in [5.74, 6) is 0.740. The van der Waals surface area contributed by atoms with Gasteiger partial charge in [-0.15, -0.1) is 0 Å². The Hall–Kier alpha value is -2.32. The Bertz CT molecular complexity index is 1030. The van der Waals surface area contributed by atoms with Crippen LogP contribution in [0.2, 0.25) is 0 Å². The van der Waals surface area contributed by atoms with E-state index in [4.69, 9.17) is 14.9 Å². The van der Waals surface area contributed by atoms with Crippen LogP contribution in [0.1, 0.15) is 5.56 Å². The van der Waals surface area contributed by atoms with E-state index in [9.17, 15) is 5.11 Å². The molecule has 0 radical (unpaired) electrons. The van der Waals surface area contributed by atoms with Crippen LogP contribution in [0.25, 0.3) is 11.0 Å². The molecule has 2 N–H and O–H groups in total. The Morgan fingerprint density at radius 1 is 1.00 bits per heavy atom. The smallest absolute Gasteiger partial charge is 0.203 e. The van der Waals surface area contributed by atoms with Crippen LogP contribution in [-0.2, 0) is 17.8 Å². The Labute approximate surface area is 188 Å². The maximum Gasteiger partial charge on any atom is 0.203 e. The number of hydrogen-bond acceptors (Lipinski definition) is 5. The molecule has 2 heterocycles. The first-order valence-electron chi connectivity index (χ1n) is 10.5. The van der Waals surface area contributed by atoms with E-state index in [-0.39, 0.29) is 19.0 Å². The topological polar surface area (TPSA) is 75.6 Å². The average molecular weight is 446 g/mol. The number of para-hydroxylation sites is 2. The van der Waals surface area contributed by atoms with Crippen LogP contribution < -0.4 is 22.8 Å². The van der Waals surface area contributed by atoms with E-state index in [2.05, 4.69) is 4.90 Å². The number of aromatic nitrogens is 2. The summed E-state index contributed by atoms with van der Waals surface area (Å²) in [7, 11) is 0. The normalized spacial score (nSPS) is 15.5. The summed E-state index contributed by atoms with van der Waals surface area (Å²) >= 11 is 0. The average Bonchev–Trinajstić information content (AvgIpc) is 3.03. The molecule has 1 atom stereocenters. The molecule has 3 aromatic rings. The van der Waals surface area contributed by atoms with Gasteiger partial charge >= 0.3 is 0 Å². The highest BCUT2D eigenvalue weighted by molar-refractivity contribution is 5.75. The maximum absolute atomic E-state index is 10.6. The molecule has 1 unspecified atom stereocenters. The molecule has 8 heteroatoms. The third kappa shape index (κ3) is 5.68. The second-order valence-electron chi connectivity index (χ2n) is 7.81. The minimum atomic E-state index is -0.709. The van der Waals surface area contributed by atoms with Gasteiger partial charge in [0, 0.05) is 26.2 Å². The van der Waals surface area contributed by atoms with Crippen molar-refractivity contribution >= 4 is 11.0 Å². The number of ether oxygens (including phenoxy) is 2. The van der Waals surface area contributed by atoms with Gasteiger partial charge in [-0.1, -0.05) is 29.8 Å². The van der Waals surface area contributed by atoms with E-state index < -0.39 is 6.10 Å². The molecule has 168 valence electrons. The lowest BCUT2D eigenvalue weighted by Gasteiger charge is -2.26.